The number of hydrogen-bond donors (Lipinski definition) is 0. The average molecular weight is 253 g/mol. The standard InChI is InChI=1S/C11H15N3O4/c1-13-4-3-9(7-13)18-11-10(17-2)5-8(6-12-11)14(15)16/h5-6,9H,3-4,7H2,1-2H3/t9-/m1/s1. The minimum Gasteiger partial charge on any atom is -0.491 e. The van der Waals surface area contributed by atoms with E-state index in [1.165, 1.54) is 19.4 Å². The molecule has 0 saturated carbocycles. The Morgan fingerprint density at radius 1 is 1.61 bits per heavy atom. The molecule has 0 aromatic carbocycles. The molecule has 0 aliphatic carbocycles. The van der Waals surface area contributed by atoms with Crippen molar-refractivity contribution >= 4 is 5.69 Å². The summed E-state index contributed by atoms with van der Waals surface area (Å²) in [7, 11) is 3.46. The lowest BCUT2D eigenvalue weighted by Crippen LogP contribution is -2.22. The summed E-state index contributed by atoms with van der Waals surface area (Å²) in [4.78, 5) is 16.2. The Labute approximate surface area is 104 Å². The number of likely N-dealkylation sites (N-methyl/N-ethyl adjacent to an activating group) is 1. The number of aromatic nitrogens is 1. The first-order valence-corrected chi connectivity index (χ1v) is 5.63. The molecule has 18 heavy (non-hydrogen) atoms. The Morgan fingerprint density at radius 2 is 2.39 bits per heavy atom. The fraction of sp³-hybridized carbons (Fsp3) is 0.545. The van der Waals surface area contributed by atoms with Crippen molar-refractivity contribution in [3.63, 3.8) is 0 Å². The Bertz CT molecular complexity index is 452. The van der Waals surface area contributed by atoms with E-state index in [1.807, 2.05) is 7.05 Å². The van der Waals surface area contributed by atoms with Crippen molar-refractivity contribution in [3.8, 4) is 11.6 Å². The number of nitrogens with zero attached hydrogens (tertiary/aromatic N) is 3. The molecule has 0 unspecified atom stereocenters. The topological polar surface area (TPSA) is 77.7 Å². The third-order valence-corrected chi connectivity index (χ3v) is 2.86. The lowest BCUT2D eigenvalue weighted by molar-refractivity contribution is -0.385. The lowest BCUT2D eigenvalue weighted by Gasteiger charge is -2.14. The number of hydrogen-bond acceptors (Lipinski definition) is 6. The van der Waals surface area contributed by atoms with Gasteiger partial charge in [0, 0.05) is 13.1 Å². The zero-order valence-electron chi connectivity index (χ0n) is 10.3. The number of methoxy groups -OCH3 is 1. The summed E-state index contributed by atoms with van der Waals surface area (Å²) in [5.74, 6) is 0.599. The van der Waals surface area contributed by atoms with Crippen LogP contribution in [0.25, 0.3) is 0 Å². The Morgan fingerprint density at radius 3 is 2.94 bits per heavy atom. The van der Waals surface area contributed by atoms with Gasteiger partial charge in [-0.15, -0.1) is 0 Å². The van der Waals surface area contributed by atoms with Crippen molar-refractivity contribution in [3.05, 3.63) is 22.4 Å². The zero-order valence-corrected chi connectivity index (χ0v) is 10.3. The van der Waals surface area contributed by atoms with Crippen molar-refractivity contribution in [2.24, 2.45) is 0 Å². The van der Waals surface area contributed by atoms with Gasteiger partial charge in [-0.2, -0.15) is 0 Å². The molecular weight excluding hydrogens is 238 g/mol. The molecule has 98 valence electrons. The fourth-order valence-electron chi connectivity index (χ4n) is 1.90. The molecule has 1 aliphatic rings. The van der Waals surface area contributed by atoms with Gasteiger partial charge in [0.2, 0.25) is 0 Å². The second-order valence-corrected chi connectivity index (χ2v) is 4.25. The van der Waals surface area contributed by atoms with Gasteiger partial charge in [-0.3, -0.25) is 10.1 Å². The molecule has 1 aliphatic heterocycles. The third-order valence-electron chi connectivity index (χ3n) is 2.86. The molecule has 0 radical (unpaired) electrons. The van der Waals surface area contributed by atoms with Gasteiger partial charge >= 0.3 is 0 Å². The largest absolute Gasteiger partial charge is 0.491 e. The van der Waals surface area contributed by atoms with Crippen LogP contribution in [0.3, 0.4) is 0 Å². The summed E-state index contributed by atoms with van der Waals surface area (Å²) in [6, 6.07) is 1.32. The van der Waals surface area contributed by atoms with Crippen molar-refractivity contribution < 1.29 is 14.4 Å². The second-order valence-electron chi connectivity index (χ2n) is 4.25. The first kappa shape index (κ1) is 12.6. The highest BCUT2D eigenvalue weighted by molar-refractivity contribution is 5.42. The predicted molar refractivity (Wildman–Crippen MR) is 64.0 cm³/mol. The number of ether oxygens (including phenoxy) is 2. The fourth-order valence-corrected chi connectivity index (χ4v) is 1.90. The van der Waals surface area contributed by atoms with Crippen LogP contribution in [-0.4, -0.2) is 48.2 Å². The van der Waals surface area contributed by atoms with Crippen LogP contribution in [0, 0.1) is 10.1 Å². The van der Waals surface area contributed by atoms with E-state index in [0.29, 0.717) is 11.6 Å². The summed E-state index contributed by atoms with van der Waals surface area (Å²) < 4.78 is 10.8. The van der Waals surface area contributed by atoms with E-state index in [4.69, 9.17) is 9.47 Å². The van der Waals surface area contributed by atoms with E-state index >= 15 is 0 Å². The SMILES string of the molecule is COc1cc([N+](=O)[O-])cnc1O[C@@H]1CCN(C)C1. The van der Waals surface area contributed by atoms with Gasteiger partial charge in [0.15, 0.2) is 5.75 Å². The number of nitro groups is 1. The summed E-state index contributed by atoms with van der Waals surface area (Å²) in [6.07, 6.45) is 2.15. The molecule has 7 nitrogen and oxygen atoms in total. The smallest absolute Gasteiger partial charge is 0.291 e. The van der Waals surface area contributed by atoms with Crippen LogP contribution in [0.15, 0.2) is 12.3 Å². The maximum Gasteiger partial charge on any atom is 0.291 e. The van der Waals surface area contributed by atoms with Crippen LogP contribution in [0.2, 0.25) is 0 Å². The number of likely N-dealkylation sites (tertiary alicyclic amines) is 1. The zero-order chi connectivity index (χ0) is 13.1. The van der Waals surface area contributed by atoms with Gasteiger partial charge in [-0.05, 0) is 13.5 Å². The first-order valence-electron chi connectivity index (χ1n) is 5.63. The summed E-state index contributed by atoms with van der Waals surface area (Å²) in [5, 5.41) is 10.6. The van der Waals surface area contributed by atoms with Crippen LogP contribution in [0.4, 0.5) is 5.69 Å². The molecular formula is C11H15N3O4. The van der Waals surface area contributed by atoms with Crippen molar-refractivity contribution in [1.29, 1.82) is 0 Å². The van der Waals surface area contributed by atoms with Crippen molar-refractivity contribution in [2.45, 2.75) is 12.5 Å². The molecule has 0 amide bonds. The average Bonchev–Trinajstić information content (AvgIpc) is 2.75. The highest BCUT2D eigenvalue weighted by Crippen LogP contribution is 2.30. The molecule has 1 saturated heterocycles. The molecule has 1 aromatic rings. The van der Waals surface area contributed by atoms with Crippen molar-refractivity contribution in [1.82, 2.24) is 9.88 Å². The Kier molecular flexibility index (Phi) is 3.61. The van der Waals surface area contributed by atoms with Gasteiger partial charge in [0.05, 0.1) is 18.1 Å². The highest BCUT2D eigenvalue weighted by atomic mass is 16.6. The number of pyridine rings is 1. The molecule has 2 rings (SSSR count). The summed E-state index contributed by atoms with van der Waals surface area (Å²) in [5.41, 5.74) is -0.109. The molecule has 2 heterocycles. The first-order chi connectivity index (χ1) is 8.60. The van der Waals surface area contributed by atoms with Gasteiger partial charge in [0.25, 0.3) is 11.6 Å². The monoisotopic (exact) mass is 253 g/mol. The van der Waals surface area contributed by atoms with Crippen LogP contribution in [-0.2, 0) is 0 Å². The van der Waals surface area contributed by atoms with E-state index in [2.05, 4.69) is 9.88 Å². The molecule has 1 atom stereocenters. The van der Waals surface area contributed by atoms with E-state index in [0.717, 1.165) is 19.5 Å². The van der Waals surface area contributed by atoms with Crippen LogP contribution < -0.4 is 9.47 Å². The van der Waals surface area contributed by atoms with Gasteiger partial charge in [-0.25, -0.2) is 4.98 Å². The normalized spacial score (nSPS) is 19.8. The Hall–Kier alpha value is -1.89. The van der Waals surface area contributed by atoms with E-state index < -0.39 is 4.92 Å². The van der Waals surface area contributed by atoms with E-state index in [-0.39, 0.29) is 11.8 Å². The molecule has 1 aromatic heterocycles. The molecule has 1 fully saturated rings. The summed E-state index contributed by atoms with van der Waals surface area (Å²) >= 11 is 0. The minimum absolute atomic E-state index is 0.0536. The minimum atomic E-state index is -0.511. The van der Waals surface area contributed by atoms with Crippen LogP contribution in [0.1, 0.15) is 6.42 Å². The van der Waals surface area contributed by atoms with Crippen LogP contribution in [0.5, 0.6) is 11.6 Å². The maximum absolute atomic E-state index is 10.6. The highest BCUT2D eigenvalue weighted by Gasteiger charge is 2.23. The van der Waals surface area contributed by atoms with Gasteiger partial charge in [0.1, 0.15) is 12.3 Å². The summed E-state index contributed by atoms with van der Waals surface area (Å²) in [6.45, 7) is 1.79. The number of rotatable bonds is 4. The predicted octanol–water partition coefficient (Wildman–Crippen LogP) is 1.08. The molecule has 0 spiro atoms. The van der Waals surface area contributed by atoms with Gasteiger partial charge in [-0.1, -0.05) is 0 Å². The van der Waals surface area contributed by atoms with E-state index in [9.17, 15) is 10.1 Å². The van der Waals surface area contributed by atoms with Gasteiger partial charge < -0.3 is 14.4 Å². The molecule has 7 heteroatoms. The van der Waals surface area contributed by atoms with Crippen LogP contribution >= 0.6 is 0 Å². The molecule has 0 N–H and O–H groups in total. The second kappa shape index (κ2) is 5.18. The van der Waals surface area contributed by atoms with E-state index in [1.54, 1.807) is 0 Å². The lowest BCUT2D eigenvalue weighted by atomic mass is 10.3. The third kappa shape index (κ3) is 2.67. The molecule has 0 bridgehead atoms. The van der Waals surface area contributed by atoms with Crippen molar-refractivity contribution in [2.75, 3.05) is 27.2 Å². The Balaban J connectivity index is 2.14. The maximum atomic E-state index is 10.6. The quantitative estimate of drug-likeness (QED) is 0.590.